The number of carbonyl (C=O) groups is 4. The van der Waals surface area contributed by atoms with Crippen LogP contribution in [0.25, 0.3) is 0 Å². The lowest BCUT2D eigenvalue weighted by Gasteiger charge is -2.18. The zero-order valence-corrected chi connectivity index (χ0v) is 16.9. The van der Waals surface area contributed by atoms with Gasteiger partial charge in [-0.05, 0) is 26.2 Å². The molecular weight excluding hydrogens is 421 g/mol. The van der Waals surface area contributed by atoms with Crippen LogP contribution in [0.1, 0.15) is 43.0 Å². The van der Waals surface area contributed by atoms with Crippen molar-refractivity contribution in [1.82, 2.24) is 5.32 Å². The van der Waals surface area contributed by atoms with Gasteiger partial charge in [0.05, 0.1) is 13.0 Å². The van der Waals surface area contributed by atoms with Gasteiger partial charge in [-0.3, -0.25) is 14.4 Å². The predicted octanol–water partition coefficient (Wildman–Crippen LogP) is 1.91. The van der Waals surface area contributed by atoms with Gasteiger partial charge in [-0.2, -0.15) is 13.2 Å². The lowest BCUT2D eigenvalue weighted by molar-refractivity contribution is -0.173. The van der Waals surface area contributed by atoms with Crippen molar-refractivity contribution in [3.8, 4) is 0 Å². The summed E-state index contributed by atoms with van der Waals surface area (Å²) < 4.78 is 46.2. The highest BCUT2D eigenvalue weighted by Gasteiger charge is 2.38. The summed E-state index contributed by atoms with van der Waals surface area (Å²) in [5.74, 6) is -4.31. The van der Waals surface area contributed by atoms with Crippen molar-refractivity contribution >= 4 is 23.6 Å². The molecule has 0 spiro atoms. The van der Waals surface area contributed by atoms with Crippen LogP contribution in [0.15, 0.2) is 30.3 Å². The topological polar surface area (TPSA) is 125 Å². The molecule has 0 radical (unpaired) electrons. The summed E-state index contributed by atoms with van der Waals surface area (Å²) in [5.41, 5.74) is 6.05. The minimum Gasteiger partial charge on any atom is -0.463 e. The largest absolute Gasteiger partial charge is 0.471 e. The summed E-state index contributed by atoms with van der Waals surface area (Å²) in [7, 11) is 0. The zero-order valence-electron chi connectivity index (χ0n) is 16.9. The lowest BCUT2D eigenvalue weighted by atomic mass is 10.0. The Morgan fingerprint density at radius 3 is 2.29 bits per heavy atom. The highest BCUT2D eigenvalue weighted by molar-refractivity contribution is 5.99. The molecular formula is C20H25F3N2O6. The Morgan fingerprint density at radius 1 is 1.06 bits per heavy atom. The SMILES string of the molecule is CCOC(=O)[C@H](CC(=O)c1ccccc1)OC(=O)[C@@H](N)CCCCNC(=O)C(F)(F)F. The van der Waals surface area contributed by atoms with Crippen LogP contribution in [0.5, 0.6) is 0 Å². The summed E-state index contributed by atoms with van der Waals surface area (Å²) in [4.78, 5) is 47.3. The first kappa shape index (κ1) is 26.1. The average molecular weight is 446 g/mol. The molecule has 11 heteroatoms. The molecule has 0 aliphatic heterocycles. The lowest BCUT2D eigenvalue weighted by Crippen LogP contribution is -2.39. The molecule has 0 fully saturated rings. The Hall–Kier alpha value is -2.95. The van der Waals surface area contributed by atoms with Crippen LogP contribution in [0.4, 0.5) is 13.2 Å². The average Bonchev–Trinajstić information content (AvgIpc) is 2.72. The summed E-state index contributed by atoms with van der Waals surface area (Å²) >= 11 is 0. The predicted molar refractivity (Wildman–Crippen MR) is 103 cm³/mol. The van der Waals surface area contributed by atoms with Crippen LogP contribution in [-0.4, -0.2) is 55.1 Å². The van der Waals surface area contributed by atoms with E-state index >= 15 is 0 Å². The van der Waals surface area contributed by atoms with E-state index in [4.69, 9.17) is 15.2 Å². The van der Waals surface area contributed by atoms with Crippen molar-refractivity contribution in [2.75, 3.05) is 13.2 Å². The van der Waals surface area contributed by atoms with Crippen LogP contribution < -0.4 is 11.1 Å². The van der Waals surface area contributed by atoms with Gasteiger partial charge in [0.15, 0.2) is 5.78 Å². The number of alkyl halides is 3. The van der Waals surface area contributed by atoms with Gasteiger partial charge < -0.3 is 20.5 Å². The highest BCUT2D eigenvalue weighted by atomic mass is 19.4. The van der Waals surface area contributed by atoms with E-state index in [1.807, 2.05) is 0 Å². The number of ether oxygens (including phenoxy) is 2. The summed E-state index contributed by atoms with van der Waals surface area (Å²) in [6.07, 6.45) is -6.44. The number of benzene rings is 1. The number of carbonyl (C=O) groups excluding carboxylic acids is 4. The summed E-state index contributed by atoms with van der Waals surface area (Å²) in [6, 6.07) is 6.94. The number of hydrogen-bond donors (Lipinski definition) is 2. The van der Waals surface area contributed by atoms with Gasteiger partial charge in [0.1, 0.15) is 6.04 Å². The molecule has 0 aliphatic carbocycles. The number of nitrogens with two attached hydrogens (primary N) is 1. The smallest absolute Gasteiger partial charge is 0.463 e. The monoisotopic (exact) mass is 446 g/mol. The number of amides is 1. The molecule has 2 atom stereocenters. The van der Waals surface area contributed by atoms with Gasteiger partial charge >= 0.3 is 24.0 Å². The minimum atomic E-state index is -4.96. The van der Waals surface area contributed by atoms with Crippen molar-refractivity contribution < 1.29 is 41.8 Å². The molecule has 31 heavy (non-hydrogen) atoms. The Bertz CT molecular complexity index is 755. The molecule has 1 amide bonds. The molecule has 0 saturated carbocycles. The maximum Gasteiger partial charge on any atom is 0.471 e. The fourth-order valence-corrected chi connectivity index (χ4v) is 2.46. The number of halogens is 3. The number of Topliss-reactive ketones (excluding diaryl/α,β-unsaturated/α-hetero) is 1. The standard InChI is InChI=1S/C20H25F3N2O6/c1-2-30-18(28)16(12-15(26)13-8-4-3-5-9-13)31-17(27)14(24)10-6-7-11-25-19(29)20(21,22)23/h3-5,8-9,14,16H,2,6-7,10-12,24H2,1H3,(H,25,29)/t14-,16-/m0/s1. The fourth-order valence-electron chi connectivity index (χ4n) is 2.46. The highest BCUT2D eigenvalue weighted by Crippen LogP contribution is 2.14. The van der Waals surface area contributed by atoms with Crippen molar-refractivity contribution in [3.63, 3.8) is 0 Å². The number of esters is 2. The third-order valence-electron chi connectivity index (χ3n) is 4.06. The number of nitrogens with one attached hydrogen (secondary N) is 1. The van der Waals surface area contributed by atoms with Gasteiger partial charge in [-0.25, -0.2) is 4.79 Å². The molecule has 0 unspecified atom stereocenters. The van der Waals surface area contributed by atoms with E-state index in [0.717, 1.165) is 0 Å². The van der Waals surface area contributed by atoms with E-state index in [2.05, 4.69) is 0 Å². The molecule has 0 aliphatic rings. The number of ketones is 1. The van der Waals surface area contributed by atoms with E-state index in [1.54, 1.807) is 42.6 Å². The van der Waals surface area contributed by atoms with E-state index in [0.29, 0.717) is 5.56 Å². The van der Waals surface area contributed by atoms with Gasteiger partial charge in [0.25, 0.3) is 0 Å². The molecule has 0 bridgehead atoms. The maximum absolute atomic E-state index is 12.3. The Kier molecular flexibility index (Phi) is 10.7. The van der Waals surface area contributed by atoms with Crippen LogP contribution in [-0.2, 0) is 23.9 Å². The fraction of sp³-hybridized carbons (Fsp3) is 0.500. The van der Waals surface area contributed by atoms with Gasteiger partial charge in [-0.15, -0.1) is 0 Å². The first-order valence-corrected chi connectivity index (χ1v) is 9.62. The van der Waals surface area contributed by atoms with Crippen LogP contribution >= 0.6 is 0 Å². The van der Waals surface area contributed by atoms with E-state index in [1.165, 1.54) is 0 Å². The summed E-state index contributed by atoms with van der Waals surface area (Å²) in [6.45, 7) is 1.33. The second-order valence-corrected chi connectivity index (χ2v) is 6.53. The number of unbranched alkanes of at least 4 members (excludes halogenated alkanes) is 1. The van der Waals surface area contributed by atoms with Crippen molar-refractivity contribution in [3.05, 3.63) is 35.9 Å². The van der Waals surface area contributed by atoms with Crippen molar-refractivity contribution in [2.24, 2.45) is 5.73 Å². The van der Waals surface area contributed by atoms with E-state index < -0.39 is 48.4 Å². The van der Waals surface area contributed by atoms with E-state index in [9.17, 15) is 32.3 Å². The molecule has 0 aromatic heterocycles. The first-order valence-electron chi connectivity index (χ1n) is 9.62. The third kappa shape index (κ3) is 9.60. The Labute approximate surface area is 177 Å². The molecule has 172 valence electrons. The molecule has 1 rings (SSSR count). The van der Waals surface area contributed by atoms with Gasteiger partial charge in [0.2, 0.25) is 6.10 Å². The Balaban J connectivity index is 2.54. The van der Waals surface area contributed by atoms with E-state index in [-0.39, 0.29) is 32.4 Å². The second kappa shape index (κ2) is 12.7. The van der Waals surface area contributed by atoms with Crippen LogP contribution in [0.2, 0.25) is 0 Å². The molecule has 0 saturated heterocycles. The quantitative estimate of drug-likeness (QED) is 0.285. The molecule has 8 nitrogen and oxygen atoms in total. The first-order chi connectivity index (χ1) is 14.6. The van der Waals surface area contributed by atoms with Crippen LogP contribution in [0, 0.1) is 0 Å². The molecule has 0 heterocycles. The molecule has 1 aromatic carbocycles. The molecule has 1 aromatic rings. The van der Waals surface area contributed by atoms with Crippen LogP contribution in [0.3, 0.4) is 0 Å². The third-order valence-corrected chi connectivity index (χ3v) is 4.06. The minimum absolute atomic E-state index is 0.0160. The maximum atomic E-state index is 12.3. The zero-order chi connectivity index (χ0) is 23.4. The second-order valence-electron chi connectivity index (χ2n) is 6.53. The van der Waals surface area contributed by atoms with Crippen molar-refractivity contribution in [1.29, 1.82) is 0 Å². The molecule has 3 N–H and O–H groups in total. The van der Waals surface area contributed by atoms with Gasteiger partial charge in [0, 0.05) is 12.1 Å². The van der Waals surface area contributed by atoms with Gasteiger partial charge in [-0.1, -0.05) is 30.3 Å². The van der Waals surface area contributed by atoms with Crippen molar-refractivity contribution in [2.45, 2.75) is 50.9 Å². The summed E-state index contributed by atoms with van der Waals surface area (Å²) in [5, 5.41) is 1.70. The number of hydrogen-bond acceptors (Lipinski definition) is 7. The number of rotatable bonds is 12. The normalized spacial score (nSPS) is 13.1. The Morgan fingerprint density at radius 2 is 1.71 bits per heavy atom.